The summed E-state index contributed by atoms with van der Waals surface area (Å²) in [5.41, 5.74) is 1.85. The Hall–Kier alpha value is -2.98. The normalized spacial score (nSPS) is 16.3. The number of imide groups is 1. The lowest BCUT2D eigenvalue weighted by molar-refractivity contribution is -0.138. The summed E-state index contributed by atoms with van der Waals surface area (Å²) in [5, 5.41) is 18.4. The minimum atomic E-state index is -0.575. The molecule has 1 aliphatic rings. The Morgan fingerprint density at radius 1 is 1.19 bits per heavy atom. The molecule has 0 fully saturated rings. The second-order valence-electron chi connectivity index (χ2n) is 5.75. The van der Waals surface area contributed by atoms with Crippen molar-refractivity contribution in [2.45, 2.75) is 20.8 Å². The van der Waals surface area contributed by atoms with E-state index in [9.17, 15) is 14.9 Å². The van der Waals surface area contributed by atoms with Crippen LogP contribution in [0.5, 0.6) is 0 Å². The van der Waals surface area contributed by atoms with Gasteiger partial charge in [0, 0.05) is 30.9 Å². The first-order valence-electron chi connectivity index (χ1n) is 8.50. The number of aliphatic hydroxyl groups excluding tert-OH is 1. The highest BCUT2D eigenvalue weighted by molar-refractivity contribution is 6.51. The van der Waals surface area contributed by atoms with Gasteiger partial charge in [0.25, 0.3) is 11.8 Å². The quantitative estimate of drug-likeness (QED) is 0.786. The van der Waals surface area contributed by atoms with Crippen LogP contribution in [0.2, 0.25) is 0 Å². The van der Waals surface area contributed by atoms with Crippen molar-refractivity contribution >= 4 is 28.9 Å². The molecular formula is C19H22N4O3. The molecule has 2 amide bonds. The Labute approximate surface area is 152 Å². The summed E-state index contributed by atoms with van der Waals surface area (Å²) >= 11 is 0. The summed E-state index contributed by atoms with van der Waals surface area (Å²) in [6, 6.07) is 9.13. The van der Waals surface area contributed by atoms with E-state index >= 15 is 0 Å². The van der Waals surface area contributed by atoms with Crippen LogP contribution in [-0.2, 0) is 9.59 Å². The van der Waals surface area contributed by atoms with Gasteiger partial charge in [0.05, 0.1) is 12.3 Å². The molecule has 0 unspecified atom stereocenters. The average Bonchev–Trinajstić information content (AvgIpc) is 2.64. The predicted octanol–water partition coefficient (Wildman–Crippen LogP) is 1.81. The van der Waals surface area contributed by atoms with Gasteiger partial charge in [-0.1, -0.05) is 0 Å². The zero-order valence-corrected chi connectivity index (χ0v) is 15.2. The molecule has 0 radical (unpaired) electrons. The number of carbonyl (C=O) groups excluding carboxylic acids is 2. The van der Waals surface area contributed by atoms with E-state index in [0.717, 1.165) is 17.1 Å². The van der Waals surface area contributed by atoms with Gasteiger partial charge in [-0.25, -0.2) is 4.99 Å². The zero-order chi connectivity index (χ0) is 19.3. The number of aliphatic imine (C=N–C) groups is 1. The molecule has 26 heavy (non-hydrogen) atoms. The molecule has 7 nitrogen and oxygen atoms in total. The molecule has 0 saturated carbocycles. The molecule has 1 N–H and O–H groups in total. The third-order valence-electron chi connectivity index (χ3n) is 4.27. The molecule has 0 bridgehead atoms. The Bertz CT molecular complexity index is 803. The summed E-state index contributed by atoms with van der Waals surface area (Å²) in [4.78, 5) is 32.1. The molecule has 2 rings (SSSR count). The number of nitriles is 1. The molecule has 0 aliphatic carbocycles. The number of hydrogen-bond acceptors (Lipinski definition) is 6. The van der Waals surface area contributed by atoms with Gasteiger partial charge < -0.3 is 10.0 Å². The minimum absolute atomic E-state index is 0.0538. The SMILES string of the molecule is CCN1C(=O)C(=Nc2ccc(N(CC)CCO)cc2)C(C)=C(C#N)C1=O. The number of anilines is 1. The molecule has 1 heterocycles. The lowest BCUT2D eigenvalue weighted by Crippen LogP contribution is -2.46. The van der Waals surface area contributed by atoms with Gasteiger partial charge >= 0.3 is 0 Å². The molecule has 7 heteroatoms. The third-order valence-corrected chi connectivity index (χ3v) is 4.27. The third kappa shape index (κ3) is 3.65. The van der Waals surface area contributed by atoms with Crippen LogP contribution in [0, 0.1) is 11.3 Å². The maximum absolute atomic E-state index is 12.5. The number of rotatable bonds is 6. The van der Waals surface area contributed by atoms with Gasteiger partial charge in [0.2, 0.25) is 0 Å². The summed E-state index contributed by atoms with van der Waals surface area (Å²) in [6.07, 6.45) is 0. The molecular weight excluding hydrogens is 332 g/mol. The number of likely N-dealkylation sites (N-methyl/N-ethyl adjacent to an activating group) is 2. The van der Waals surface area contributed by atoms with E-state index in [1.54, 1.807) is 26.0 Å². The molecule has 1 aromatic rings. The van der Waals surface area contributed by atoms with Gasteiger partial charge in [-0.05, 0) is 45.0 Å². The first-order valence-corrected chi connectivity index (χ1v) is 8.50. The van der Waals surface area contributed by atoms with Crippen molar-refractivity contribution in [2.75, 3.05) is 31.1 Å². The second kappa shape index (κ2) is 8.41. The van der Waals surface area contributed by atoms with E-state index in [4.69, 9.17) is 5.11 Å². The number of benzene rings is 1. The first-order chi connectivity index (χ1) is 12.5. The van der Waals surface area contributed by atoms with Crippen LogP contribution in [0.1, 0.15) is 20.8 Å². The van der Waals surface area contributed by atoms with E-state index < -0.39 is 11.8 Å². The predicted molar refractivity (Wildman–Crippen MR) is 99.2 cm³/mol. The first kappa shape index (κ1) is 19.3. The highest BCUT2D eigenvalue weighted by atomic mass is 16.3. The summed E-state index contributed by atoms with van der Waals surface area (Å²) in [5.74, 6) is -1.07. The molecule has 1 aromatic carbocycles. The van der Waals surface area contributed by atoms with Gasteiger partial charge in [-0.2, -0.15) is 5.26 Å². The number of hydrogen-bond donors (Lipinski definition) is 1. The Morgan fingerprint density at radius 3 is 2.35 bits per heavy atom. The standard InChI is InChI=1S/C19H22N4O3/c1-4-22(10-11-24)15-8-6-14(7-9-15)21-17-13(3)16(12-20)18(25)23(5-2)19(17)26/h6-9,24H,4-5,10-11H2,1-3H3. The highest BCUT2D eigenvalue weighted by Gasteiger charge is 2.35. The van der Waals surface area contributed by atoms with Crippen LogP contribution in [0.15, 0.2) is 40.4 Å². The lowest BCUT2D eigenvalue weighted by atomic mass is 9.99. The second-order valence-corrected chi connectivity index (χ2v) is 5.75. The van der Waals surface area contributed by atoms with Gasteiger partial charge in [0.15, 0.2) is 0 Å². The molecule has 0 aromatic heterocycles. The summed E-state index contributed by atoms with van der Waals surface area (Å²) < 4.78 is 0. The van der Waals surface area contributed by atoms with E-state index in [-0.39, 0.29) is 24.4 Å². The van der Waals surface area contributed by atoms with Crippen LogP contribution in [0.4, 0.5) is 11.4 Å². The van der Waals surface area contributed by atoms with Gasteiger partial charge in [0.1, 0.15) is 17.4 Å². The van der Waals surface area contributed by atoms with E-state index in [1.165, 1.54) is 0 Å². The van der Waals surface area contributed by atoms with E-state index in [2.05, 4.69) is 4.99 Å². The number of carbonyl (C=O) groups is 2. The van der Waals surface area contributed by atoms with Crippen LogP contribution < -0.4 is 4.90 Å². The fraction of sp³-hybridized carbons (Fsp3) is 0.368. The number of aliphatic hydroxyl groups is 1. The molecule has 1 aliphatic heterocycles. The Kier molecular flexibility index (Phi) is 6.26. The van der Waals surface area contributed by atoms with E-state index in [0.29, 0.717) is 17.8 Å². The summed E-state index contributed by atoms with van der Waals surface area (Å²) in [6.45, 7) is 6.78. The largest absolute Gasteiger partial charge is 0.395 e. The highest BCUT2D eigenvalue weighted by Crippen LogP contribution is 2.24. The van der Waals surface area contributed by atoms with Crippen LogP contribution in [0.3, 0.4) is 0 Å². The fourth-order valence-electron chi connectivity index (χ4n) is 2.80. The number of nitrogens with zero attached hydrogens (tertiary/aromatic N) is 4. The number of amides is 2. The van der Waals surface area contributed by atoms with Crippen molar-refractivity contribution in [3.05, 3.63) is 35.4 Å². The van der Waals surface area contributed by atoms with Crippen molar-refractivity contribution in [3.8, 4) is 6.07 Å². The van der Waals surface area contributed by atoms with Crippen LogP contribution >= 0.6 is 0 Å². The molecule has 0 saturated heterocycles. The minimum Gasteiger partial charge on any atom is -0.395 e. The summed E-state index contributed by atoms with van der Waals surface area (Å²) in [7, 11) is 0. The molecule has 0 spiro atoms. The fourth-order valence-corrected chi connectivity index (χ4v) is 2.80. The van der Waals surface area contributed by atoms with Crippen molar-refractivity contribution < 1.29 is 14.7 Å². The van der Waals surface area contributed by atoms with E-state index in [1.807, 2.05) is 30.0 Å². The Morgan fingerprint density at radius 2 is 1.85 bits per heavy atom. The van der Waals surface area contributed by atoms with Crippen molar-refractivity contribution in [1.29, 1.82) is 5.26 Å². The van der Waals surface area contributed by atoms with Crippen molar-refractivity contribution in [2.24, 2.45) is 4.99 Å². The van der Waals surface area contributed by atoms with Crippen LogP contribution in [0.25, 0.3) is 0 Å². The van der Waals surface area contributed by atoms with Crippen molar-refractivity contribution in [3.63, 3.8) is 0 Å². The Balaban J connectivity index is 2.41. The maximum Gasteiger partial charge on any atom is 0.279 e. The topological polar surface area (TPSA) is 97.0 Å². The van der Waals surface area contributed by atoms with Crippen molar-refractivity contribution in [1.82, 2.24) is 4.90 Å². The van der Waals surface area contributed by atoms with Gasteiger partial charge in [-0.3, -0.25) is 14.5 Å². The molecule has 136 valence electrons. The average molecular weight is 354 g/mol. The maximum atomic E-state index is 12.5. The zero-order valence-electron chi connectivity index (χ0n) is 15.2. The monoisotopic (exact) mass is 354 g/mol. The van der Waals surface area contributed by atoms with Crippen LogP contribution in [-0.4, -0.2) is 53.8 Å². The lowest BCUT2D eigenvalue weighted by Gasteiger charge is -2.25. The molecule has 0 atom stereocenters. The smallest absolute Gasteiger partial charge is 0.279 e. The van der Waals surface area contributed by atoms with Gasteiger partial charge in [-0.15, -0.1) is 0 Å².